The average Bonchev–Trinajstić information content (AvgIpc) is 3.29. The molecule has 1 aliphatic heterocycles. The first kappa shape index (κ1) is 59.1. The van der Waals surface area contributed by atoms with Crippen LogP contribution in [0.2, 0.25) is 0 Å². The van der Waals surface area contributed by atoms with Crippen molar-refractivity contribution in [3.8, 4) is 0 Å². The van der Waals surface area contributed by atoms with Gasteiger partial charge in [-0.15, -0.1) is 0 Å². The fourth-order valence-corrected chi connectivity index (χ4v) is 7.44. The van der Waals surface area contributed by atoms with Crippen molar-refractivity contribution < 1.29 is 49.3 Å². The fraction of sp³-hybridized carbons (Fsp3) is 0.736. The van der Waals surface area contributed by atoms with Crippen LogP contribution in [-0.4, -0.2) is 99.6 Å². The van der Waals surface area contributed by atoms with Gasteiger partial charge in [0.15, 0.2) is 12.4 Å². The Morgan fingerprint density at radius 1 is 0.625 bits per heavy atom. The summed E-state index contributed by atoms with van der Waals surface area (Å²) in [6.07, 6.45) is 39.8. The molecule has 1 aliphatic rings. The third-order valence-corrected chi connectivity index (χ3v) is 11.5. The van der Waals surface area contributed by atoms with Crippen LogP contribution in [0.1, 0.15) is 188 Å². The van der Waals surface area contributed by atoms with Gasteiger partial charge in [0.1, 0.15) is 24.4 Å². The highest BCUT2D eigenvalue weighted by atomic mass is 16.7. The van der Waals surface area contributed by atoms with Gasteiger partial charge in [0, 0.05) is 6.42 Å². The summed E-state index contributed by atoms with van der Waals surface area (Å²) in [5.74, 6) is -1.28. The predicted molar refractivity (Wildman–Crippen MR) is 259 cm³/mol. The van der Waals surface area contributed by atoms with Gasteiger partial charge in [0.05, 0.1) is 25.4 Å². The minimum atomic E-state index is -1.62. The number of nitrogens with one attached hydrogen (secondary N) is 1. The normalized spacial score (nSPS) is 21.0. The van der Waals surface area contributed by atoms with E-state index < -0.39 is 67.4 Å². The molecule has 64 heavy (non-hydrogen) atoms. The van der Waals surface area contributed by atoms with Crippen LogP contribution in [0.3, 0.4) is 0 Å². The molecule has 1 amide bonds. The molecule has 11 nitrogen and oxygen atoms in total. The van der Waals surface area contributed by atoms with E-state index in [0.29, 0.717) is 12.8 Å². The van der Waals surface area contributed by atoms with Crippen molar-refractivity contribution in [2.75, 3.05) is 13.2 Å². The van der Waals surface area contributed by atoms with Crippen molar-refractivity contribution in [3.05, 3.63) is 72.9 Å². The summed E-state index contributed by atoms with van der Waals surface area (Å²) in [4.78, 5) is 26.2. The van der Waals surface area contributed by atoms with Crippen LogP contribution in [-0.2, 0) is 23.8 Å². The SMILES string of the molecule is CC/C=C/C=C/C=C\C=C/C=C/CCC(O)C(=O)NC(COC1OC(CO)C(O)C(O)C1OC(=O)CCCCCCCCCCCCC)C(O)/C=C/CCCCCCCCCCCC. The molecule has 0 radical (unpaired) electrons. The van der Waals surface area contributed by atoms with Gasteiger partial charge in [-0.3, -0.25) is 9.59 Å². The largest absolute Gasteiger partial charge is 0.454 e. The number of ether oxygens (including phenoxy) is 3. The standard InChI is InChI=1S/C53H91NO10/c1-4-7-10-13-16-19-22-25-27-30-33-36-39-45(56)44(54-52(61)46(57)40-37-34-31-28-26-23-20-17-14-11-8-5-2)43-62-53-51(50(60)49(59)47(42-55)63-53)64-48(58)41-38-35-32-29-24-21-18-15-12-9-6-3/h8,11,14,17,20,23,26,28,31,34,36,39,44-47,49-51,53,55-57,59-60H,4-7,9-10,12-13,15-16,18-19,21-22,24-25,27,29-30,32-33,35,37-38,40-43H2,1-3H3,(H,54,61)/b11-8+,17-14+,23-20-,28-26-,34-31+,39-36+. The van der Waals surface area contributed by atoms with E-state index in [1.807, 2.05) is 60.8 Å². The first-order chi connectivity index (χ1) is 31.2. The van der Waals surface area contributed by atoms with Crippen LogP contribution in [0.4, 0.5) is 0 Å². The third-order valence-electron chi connectivity index (χ3n) is 11.5. The van der Waals surface area contributed by atoms with Crippen molar-refractivity contribution in [2.45, 2.75) is 237 Å². The van der Waals surface area contributed by atoms with Gasteiger partial charge in [-0.1, -0.05) is 216 Å². The first-order valence-electron chi connectivity index (χ1n) is 25.3. The molecule has 0 spiro atoms. The Hall–Kier alpha value is -2.90. The number of carbonyl (C=O) groups is 2. The van der Waals surface area contributed by atoms with Crippen LogP contribution in [0.5, 0.6) is 0 Å². The molecule has 0 bridgehead atoms. The third kappa shape index (κ3) is 30.3. The van der Waals surface area contributed by atoms with E-state index in [1.165, 1.54) is 89.9 Å². The monoisotopic (exact) mass is 902 g/mol. The minimum Gasteiger partial charge on any atom is -0.454 e. The highest BCUT2D eigenvalue weighted by Gasteiger charge is 2.47. The number of allylic oxidation sites excluding steroid dienone is 11. The molecule has 1 fully saturated rings. The number of rotatable bonds is 40. The fourth-order valence-electron chi connectivity index (χ4n) is 7.44. The maximum Gasteiger partial charge on any atom is 0.306 e. The zero-order valence-corrected chi connectivity index (χ0v) is 40.1. The molecule has 11 heteroatoms. The molecule has 1 heterocycles. The highest BCUT2D eigenvalue weighted by Crippen LogP contribution is 2.26. The summed E-state index contributed by atoms with van der Waals surface area (Å²) >= 11 is 0. The first-order valence-corrected chi connectivity index (χ1v) is 25.3. The smallest absolute Gasteiger partial charge is 0.306 e. The van der Waals surface area contributed by atoms with Crippen LogP contribution >= 0.6 is 0 Å². The lowest BCUT2D eigenvalue weighted by atomic mass is 9.99. The molecule has 0 aromatic rings. The molecule has 0 saturated carbocycles. The molecular weight excluding hydrogens is 811 g/mol. The number of amides is 1. The summed E-state index contributed by atoms with van der Waals surface area (Å²) in [6, 6.07) is -1.06. The zero-order chi connectivity index (χ0) is 46.9. The number of esters is 1. The molecular formula is C53H91NO10. The molecule has 6 N–H and O–H groups in total. The maximum absolute atomic E-state index is 13.2. The van der Waals surface area contributed by atoms with Crippen molar-refractivity contribution in [2.24, 2.45) is 0 Å². The summed E-state index contributed by atoms with van der Waals surface area (Å²) in [5.41, 5.74) is 0. The second kappa shape index (κ2) is 41.5. The van der Waals surface area contributed by atoms with E-state index in [2.05, 4.69) is 32.2 Å². The Labute approximate surface area is 388 Å². The number of unbranched alkanes of at least 4 members (excludes halogenated alkanes) is 20. The van der Waals surface area contributed by atoms with Crippen LogP contribution < -0.4 is 5.32 Å². The van der Waals surface area contributed by atoms with E-state index in [1.54, 1.807) is 6.08 Å². The summed E-state index contributed by atoms with van der Waals surface area (Å²) in [6.45, 7) is 5.53. The van der Waals surface area contributed by atoms with Gasteiger partial charge >= 0.3 is 5.97 Å². The maximum atomic E-state index is 13.2. The Balaban J connectivity index is 2.87. The molecule has 1 rings (SSSR count). The molecule has 0 aromatic carbocycles. The number of aliphatic hydroxyl groups excluding tert-OH is 5. The Morgan fingerprint density at radius 3 is 1.66 bits per heavy atom. The quantitative estimate of drug-likeness (QED) is 0.0150. The van der Waals surface area contributed by atoms with E-state index in [4.69, 9.17) is 14.2 Å². The lowest BCUT2D eigenvalue weighted by Crippen LogP contribution is -2.61. The predicted octanol–water partition coefficient (Wildman–Crippen LogP) is 10.1. The molecule has 0 aliphatic carbocycles. The number of hydrogen-bond acceptors (Lipinski definition) is 10. The van der Waals surface area contributed by atoms with Gasteiger partial charge < -0.3 is 45.1 Å². The average molecular weight is 902 g/mol. The second-order valence-corrected chi connectivity index (χ2v) is 17.3. The lowest BCUT2D eigenvalue weighted by Gasteiger charge is -2.41. The van der Waals surface area contributed by atoms with Crippen molar-refractivity contribution in [1.82, 2.24) is 5.32 Å². The number of carbonyl (C=O) groups excluding carboxylic acids is 2. The van der Waals surface area contributed by atoms with Gasteiger partial charge in [0.25, 0.3) is 0 Å². The minimum absolute atomic E-state index is 0.114. The van der Waals surface area contributed by atoms with Crippen LogP contribution in [0.15, 0.2) is 72.9 Å². The highest BCUT2D eigenvalue weighted by molar-refractivity contribution is 5.80. The second-order valence-electron chi connectivity index (χ2n) is 17.3. The summed E-state index contributed by atoms with van der Waals surface area (Å²) in [7, 11) is 0. The Kier molecular flexibility index (Phi) is 38.4. The number of hydrogen-bond donors (Lipinski definition) is 6. The van der Waals surface area contributed by atoms with Crippen molar-refractivity contribution >= 4 is 11.9 Å². The van der Waals surface area contributed by atoms with Crippen LogP contribution in [0.25, 0.3) is 0 Å². The van der Waals surface area contributed by atoms with E-state index in [-0.39, 0.29) is 19.4 Å². The van der Waals surface area contributed by atoms with E-state index in [0.717, 1.165) is 51.4 Å². The molecule has 8 atom stereocenters. The van der Waals surface area contributed by atoms with Gasteiger partial charge in [0.2, 0.25) is 5.91 Å². The Morgan fingerprint density at radius 2 is 1.12 bits per heavy atom. The van der Waals surface area contributed by atoms with E-state index >= 15 is 0 Å². The molecule has 368 valence electrons. The zero-order valence-electron chi connectivity index (χ0n) is 40.1. The summed E-state index contributed by atoms with van der Waals surface area (Å²) < 4.78 is 17.4. The van der Waals surface area contributed by atoms with Crippen molar-refractivity contribution in [3.63, 3.8) is 0 Å². The topological polar surface area (TPSA) is 175 Å². The van der Waals surface area contributed by atoms with Gasteiger partial charge in [-0.2, -0.15) is 0 Å². The van der Waals surface area contributed by atoms with Crippen LogP contribution in [0, 0.1) is 0 Å². The van der Waals surface area contributed by atoms with Gasteiger partial charge in [-0.05, 0) is 38.5 Å². The van der Waals surface area contributed by atoms with Gasteiger partial charge in [-0.25, -0.2) is 0 Å². The number of aliphatic hydroxyl groups is 5. The molecule has 0 aromatic heterocycles. The lowest BCUT2D eigenvalue weighted by molar-refractivity contribution is -0.305. The van der Waals surface area contributed by atoms with Crippen molar-refractivity contribution in [1.29, 1.82) is 0 Å². The summed E-state index contributed by atoms with van der Waals surface area (Å²) in [5, 5.41) is 56.4. The Bertz CT molecular complexity index is 1310. The molecule has 1 saturated heterocycles. The van der Waals surface area contributed by atoms with E-state index in [9.17, 15) is 35.1 Å². The molecule has 8 unspecified atom stereocenters.